The smallest absolute Gasteiger partial charge is 0.314 e. The Morgan fingerprint density at radius 1 is 1.44 bits per heavy atom. The average molecular weight is 256 g/mol. The molecular formula is C14H28N2O2. The lowest BCUT2D eigenvalue weighted by atomic mass is 9.66. The lowest BCUT2D eigenvalue weighted by Gasteiger charge is -2.43. The van der Waals surface area contributed by atoms with Gasteiger partial charge in [0, 0.05) is 6.54 Å². The molecule has 1 aliphatic rings. The number of carbonyl (C=O) groups excluding carboxylic acids is 1. The van der Waals surface area contributed by atoms with E-state index in [4.69, 9.17) is 10.5 Å². The van der Waals surface area contributed by atoms with E-state index in [1.807, 2.05) is 27.8 Å². The van der Waals surface area contributed by atoms with Crippen molar-refractivity contribution in [3.63, 3.8) is 0 Å². The van der Waals surface area contributed by atoms with Gasteiger partial charge < -0.3 is 15.8 Å². The molecule has 2 unspecified atom stereocenters. The predicted octanol–water partition coefficient (Wildman–Crippen LogP) is 1.68. The van der Waals surface area contributed by atoms with Crippen molar-refractivity contribution in [2.75, 3.05) is 20.1 Å². The predicted molar refractivity (Wildman–Crippen MR) is 73.2 cm³/mol. The summed E-state index contributed by atoms with van der Waals surface area (Å²) >= 11 is 0. The zero-order valence-electron chi connectivity index (χ0n) is 12.2. The molecule has 0 amide bonds. The highest BCUT2D eigenvalue weighted by atomic mass is 16.6. The first-order chi connectivity index (χ1) is 8.35. The summed E-state index contributed by atoms with van der Waals surface area (Å²) in [5.74, 6) is 0.146. The molecule has 0 saturated heterocycles. The highest BCUT2D eigenvalue weighted by Gasteiger charge is 2.48. The van der Waals surface area contributed by atoms with Crippen LogP contribution in [0.4, 0.5) is 0 Å². The van der Waals surface area contributed by atoms with Crippen LogP contribution in [0.1, 0.15) is 46.5 Å². The van der Waals surface area contributed by atoms with Crippen molar-refractivity contribution in [1.29, 1.82) is 0 Å². The minimum absolute atomic E-state index is 0.0838. The highest BCUT2D eigenvalue weighted by molar-refractivity contribution is 5.78. The van der Waals surface area contributed by atoms with Gasteiger partial charge in [0.25, 0.3) is 0 Å². The molecule has 0 aromatic rings. The SMILES string of the molecule is CNCC1(C(=O)OC(C)(C)C)CCCCC1CN. The number of carbonyl (C=O) groups is 1. The number of hydrogen-bond donors (Lipinski definition) is 2. The first-order valence-electron chi connectivity index (χ1n) is 6.94. The van der Waals surface area contributed by atoms with Gasteiger partial charge in [-0.3, -0.25) is 4.79 Å². The molecule has 106 valence electrons. The molecule has 4 heteroatoms. The van der Waals surface area contributed by atoms with Crippen molar-refractivity contribution >= 4 is 5.97 Å². The first-order valence-corrected chi connectivity index (χ1v) is 6.94. The summed E-state index contributed by atoms with van der Waals surface area (Å²) < 4.78 is 5.63. The van der Waals surface area contributed by atoms with Crippen molar-refractivity contribution in [3.05, 3.63) is 0 Å². The van der Waals surface area contributed by atoms with Crippen molar-refractivity contribution in [1.82, 2.24) is 5.32 Å². The maximum Gasteiger partial charge on any atom is 0.314 e. The third-order valence-electron chi connectivity index (χ3n) is 3.79. The molecule has 4 nitrogen and oxygen atoms in total. The van der Waals surface area contributed by atoms with E-state index in [0.717, 1.165) is 25.7 Å². The monoisotopic (exact) mass is 256 g/mol. The van der Waals surface area contributed by atoms with E-state index in [1.165, 1.54) is 0 Å². The molecule has 1 fully saturated rings. The molecule has 0 aliphatic heterocycles. The zero-order valence-corrected chi connectivity index (χ0v) is 12.2. The normalized spacial score (nSPS) is 29.1. The molecule has 0 bridgehead atoms. The Morgan fingerprint density at radius 2 is 2.11 bits per heavy atom. The minimum Gasteiger partial charge on any atom is -0.459 e. The zero-order chi connectivity index (χ0) is 13.8. The maximum absolute atomic E-state index is 12.6. The van der Waals surface area contributed by atoms with Gasteiger partial charge in [0.2, 0.25) is 0 Å². The van der Waals surface area contributed by atoms with E-state index < -0.39 is 11.0 Å². The van der Waals surface area contributed by atoms with Crippen LogP contribution in [0.5, 0.6) is 0 Å². The topological polar surface area (TPSA) is 64.3 Å². The van der Waals surface area contributed by atoms with Crippen molar-refractivity contribution in [2.45, 2.75) is 52.1 Å². The van der Waals surface area contributed by atoms with Crippen molar-refractivity contribution in [2.24, 2.45) is 17.1 Å². The van der Waals surface area contributed by atoms with Gasteiger partial charge in [0.1, 0.15) is 5.60 Å². The third-order valence-corrected chi connectivity index (χ3v) is 3.79. The van der Waals surface area contributed by atoms with Crippen LogP contribution in [0.25, 0.3) is 0 Å². The van der Waals surface area contributed by atoms with Gasteiger partial charge in [-0.25, -0.2) is 0 Å². The van der Waals surface area contributed by atoms with Crippen molar-refractivity contribution in [3.8, 4) is 0 Å². The Kier molecular flexibility index (Phi) is 5.17. The molecule has 1 saturated carbocycles. The fourth-order valence-corrected chi connectivity index (χ4v) is 2.92. The standard InChI is InChI=1S/C14H28N2O2/c1-13(2,3)18-12(17)14(10-16-4)8-6-5-7-11(14)9-15/h11,16H,5-10,15H2,1-4H3. The van der Waals surface area contributed by atoms with E-state index in [-0.39, 0.29) is 11.9 Å². The van der Waals surface area contributed by atoms with Gasteiger partial charge in [-0.05, 0) is 53.1 Å². The van der Waals surface area contributed by atoms with E-state index in [2.05, 4.69) is 5.32 Å². The molecule has 0 heterocycles. The van der Waals surface area contributed by atoms with Crippen LogP contribution in [0.3, 0.4) is 0 Å². The number of nitrogens with two attached hydrogens (primary N) is 1. The van der Waals surface area contributed by atoms with E-state index in [9.17, 15) is 4.79 Å². The minimum atomic E-state index is -0.436. The van der Waals surface area contributed by atoms with Crippen molar-refractivity contribution < 1.29 is 9.53 Å². The second kappa shape index (κ2) is 6.02. The Hall–Kier alpha value is -0.610. The first kappa shape index (κ1) is 15.4. The molecule has 1 aliphatic carbocycles. The third kappa shape index (κ3) is 3.45. The van der Waals surface area contributed by atoms with Gasteiger partial charge in [0.05, 0.1) is 5.41 Å². The van der Waals surface area contributed by atoms with E-state index >= 15 is 0 Å². The molecule has 18 heavy (non-hydrogen) atoms. The van der Waals surface area contributed by atoms with Crippen LogP contribution in [0.15, 0.2) is 0 Å². The molecule has 3 N–H and O–H groups in total. The van der Waals surface area contributed by atoms with Gasteiger partial charge in [-0.2, -0.15) is 0 Å². The van der Waals surface area contributed by atoms with Gasteiger partial charge in [-0.1, -0.05) is 12.8 Å². The van der Waals surface area contributed by atoms with E-state index in [1.54, 1.807) is 0 Å². The Morgan fingerprint density at radius 3 is 2.61 bits per heavy atom. The van der Waals surface area contributed by atoms with Gasteiger partial charge in [-0.15, -0.1) is 0 Å². The van der Waals surface area contributed by atoms with Crippen LogP contribution >= 0.6 is 0 Å². The number of esters is 1. The summed E-state index contributed by atoms with van der Waals surface area (Å²) in [6.07, 6.45) is 4.15. The second-order valence-corrected chi connectivity index (χ2v) is 6.37. The second-order valence-electron chi connectivity index (χ2n) is 6.37. The van der Waals surface area contributed by atoms with Crippen LogP contribution < -0.4 is 11.1 Å². The Labute approximate surface area is 111 Å². The number of nitrogens with one attached hydrogen (secondary N) is 1. The Bertz CT molecular complexity index is 282. The van der Waals surface area contributed by atoms with Crippen LogP contribution in [-0.4, -0.2) is 31.7 Å². The fourth-order valence-electron chi connectivity index (χ4n) is 2.92. The molecule has 1 rings (SSSR count). The molecule has 0 aromatic carbocycles. The molecule has 0 spiro atoms. The quantitative estimate of drug-likeness (QED) is 0.751. The lowest BCUT2D eigenvalue weighted by Crippen LogP contribution is -2.52. The molecule has 0 radical (unpaired) electrons. The van der Waals surface area contributed by atoms with Crippen LogP contribution in [-0.2, 0) is 9.53 Å². The summed E-state index contributed by atoms with van der Waals surface area (Å²) in [4.78, 5) is 12.6. The van der Waals surface area contributed by atoms with E-state index in [0.29, 0.717) is 13.1 Å². The number of hydrogen-bond acceptors (Lipinski definition) is 4. The van der Waals surface area contributed by atoms with Crippen LogP contribution in [0, 0.1) is 11.3 Å². The Balaban J connectivity index is 2.93. The largest absolute Gasteiger partial charge is 0.459 e. The van der Waals surface area contributed by atoms with Gasteiger partial charge in [0.15, 0.2) is 0 Å². The summed E-state index contributed by atoms with van der Waals surface area (Å²) in [6, 6.07) is 0. The molecule has 0 aromatic heterocycles. The molecule has 2 atom stereocenters. The summed E-state index contributed by atoms with van der Waals surface area (Å²) in [6.45, 7) is 6.96. The van der Waals surface area contributed by atoms with Gasteiger partial charge >= 0.3 is 5.97 Å². The van der Waals surface area contributed by atoms with Crippen LogP contribution in [0.2, 0.25) is 0 Å². The summed E-state index contributed by atoms with van der Waals surface area (Å²) in [7, 11) is 1.88. The number of ether oxygens (including phenoxy) is 1. The average Bonchev–Trinajstić information content (AvgIpc) is 2.27. The fraction of sp³-hybridized carbons (Fsp3) is 0.929. The molecular weight excluding hydrogens is 228 g/mol. The maximum atomic E-state index is 12.6. The summed E-state index contributed by atoms with van der Waals surface area (Å²) in [5.41, 5.74) is 5.00. The summed E-state index contributed by atoms with van der Waals surface area (Å²) in [5, 5.41) is 3.15. The number of rotatable bonds is 4. The highest BCUT2D eigenvalue weighted by Crippen LogP contribution is 2.42. The lowest BCUT2D eigenvalue weighted by molar-refractivity contribution is -0.173.